The molecule has 3 unspecified atom stereocenters. The maximum atomic E-state index is 3.32. The Balaban J connectivity index is 1.82. The molecule has 2 fully saturated rings. The van der Waals surface area contributed by atoms with Crippen LogP contribution in [-0.4, -0.2) is 48.6 Å². The summed E-state index contributed by atoms with van der Waals surface area (Å²) < 4.78 is 0. The van der Waals surface area contributed by atoms with Crippen molar-refractivity contribution in [3.63, 3.8) is 0 Å². The van der Waals surface area contributed by atoms with Gasteiger partial charge in [0.15, 0.2) is 0 Å². The summed E-state index contributed by atoms with van der Waals surface area (Å²) in [5, 5.41) is 4.16. The monoisotopic (exact) mass is 214 g/mol. The van der Waals surface area contributed by atoms with Crippen molar-refractivity contribution in [2.75, 3.05) is 32.4 Å². The minimum Gasteiger partial charge on any atom is -0.319 e. The number of rotatable bonds is 3. The zero-order chi connectivity index (χ0) is 9.97. The number of hydrogen-bond acceptors (Lipinski definition) is 3. The first-order valence-electron chi connectivity index (χ1n) is 5.81. The number of hydrogen-bond donors (Lipinski definition) is 1. The quantitative estimate of drug-likeness (QED) is 0.765. The molecule has 0 aromatic carbocycles. The molecule has 1 aliphatic carbocycles. The zero-order valence-electron chi connectivity index (χ0n) is 9.33. The summed E-state index contributed by atoms with van der Waals surface area (Å²) in [6.45, 7) is 6.21. The minimum absolute atomic E-state index is 0.847. The Morgan fingerprint density at radius 1 is 1.43 bits per heavy atom. The van der Waals surface area contributed by atoms with Crippen molar-refractivity contribution in [1.29, 1.82) is 0 Å². The molecule has 2 rings (SSSR count). The fourth-order valence-electron chi connectivity index (χ4n) is 2.68. The highest BCUT2D eigenvalue weighted by molar-refractivity contribution is 7.99. The summed E-state index contributed by atoms with van der Waals surface area (Å²) in [7, 11) is 2.07. The van der Waals surface area contributed by atoms with Gasteiger partial charge in [0.05, 0.1) is 0 Å². The summed E-state index contributed by atoms with van der Waals surface area (Å²) in [6.07, 6.45) is 2.87. The van der Waals surface area contributed by atoms with Gasteiger partial charge in [0.25, 0.3) is 0 Å². The van der Waals surface area contributed by atoms with Gasteiger partial charge in [-0.15, -0.1) is 0 Å². The molecule has 1 N–H and O–H groups in total. The fourth-order valence-corrected chi connectivity index (χ4v) is 3.72. The molecule has 2 nitrogen and oxygen atoms in total. The summed E-state index contributed by atoms with van der Waals surface area (Å²) in [5.41, 5.74) is 0. The Morgan fingerprint density at radius 2 is 2.29 bits per heavy atom. The molecule has 0 radical (unpaired) electrons. The van der Waals surface area contributed by atoms with Crippen LogP contribution in [-0.2, 0) is 0 Å². The lowest BCUT2D eigenvalue weighted by Crippen LogP contribution is -2.53. The van der Waals surface area contributed by atoms with E-state index in [0.717, 1.165) is 17.2 Å². The SMILES string of the molecule is CNCC1CCC1N1CCSC(C)C1. The Morgan fingerprint density at radius 3 is 2.86 bits per heavy atom. The highest BCUT2D eigenvalue weighted by Crippen LogP contribution is 2.34. The van der Waals surface area contributed by atoms with Gasteiger partial charge in [-0.25, -0.2) is 0 Å². The lowest BCUT2D eigenvalue weighted by Gasteiger charge is -2.47. The third-order valence-corrected chi connectivity index (χ3v) is 4.72. The maximum Gasteiger partial charge on any atom is 0.0147 e. The van der Waals surface area contributed by atoms with Crippen LogP contribution in [0.1, 0.15) is 19.8 Å². The first-order chi connectivity index (χ1) is 6.81. The van der Waals surface area contributed by atoms with Gasteiger partial charge in [-0.05, 0) is 32.4 Å². The van der Waals surface area contributed by atoms with Gasteiger partial charge >= 0.3 is 0 Å². The average molecular weight is 214 g/mol. The van der Waals surface area contributed by atoms with Crippen LogP contribution in [0.5, 0.6) is 0 Å². The molecule has 1 saturated carbocycles. The van der Waals surface area contributed by atoms with Crippen molar-refractivity contribution < 1.29 is 0 Å². The highest BCUT2D eigenvalue weighted by atomic mass is 32.2. The summed E-state index contributed by atoms with van der Waals surface area (Å²) in [4.78, 5) is 2.73. The summed E-state index contributed by atoms with van der Waals surface area (Å²) in [5.74, 6) is 2.26. The second-order valence-electron chi connectivity index (χ2n) is 4.64. The summed E-state index contributed by atoms with van der Waals surface area (Å²) >= 11 is 2.13. The molecule has 0 aromatic rings. The topological polar surface area (TPSA) is 15.3 Å². The molecule has 1 aliphatic heterocycles. The number of nitrogens with zero attached hydrogens (tertiary/aromatic N) is 1. The van der Waals surface area contributed by atoms with Crippen molar-refractivity contribution in [1.82, 2.24) is 10.2 Å². The van der Waals surface area contributed by atoms with E-state index >= 15 is 0 Å². The molecular formula is C11H22N2S. The molecule has 2 aliphatic rings. The van der Waals surface area contributed by atoms with Crippen LogP contribution in [0, 0.1) is 5.92 Å². The van der Waals surface area contributed by atoms with E-state index < -0.39 is 0 Å². The predicted molar refractivity (Wildman–Crippen MR) is 63.9 cm³/mol. The van der Waals surface area contributed by atoms with E-state index in [4.69, 9.17) is 0 Å². The Bertz CT molecular complexity index is 186. The maximum absolute atomic E-state index is 3.32. The van der Waals surface area contributed by atoms with Crippen LogP contribution >= 0.6 is 11.8 Å². The Hall–Kier alpha value is 0.270. The second-order valence-corrected chi connectivity index (χ2v) is 6.19. The van der Waals surface area contributed by atoms with Gasteiger partial charge in [-0.1, -0.05) is 6.92 Å². The average Bonchev–Trinajstić information content (AvgIpc) is 2.12. The van der Waals surface area contributed by atoms with Crippen molar-refractivity contribution >= 4 is 11.8 Å². The van der Waals surface area contributed by atoms with E-state index in [0.29, 0.717) is 0 Å². The van der Waals surface area contributed by atoms with E-state index in [9.17, 15) is 0 Å². The van der Waals surface area contributed by atoms with Gasteiger partial charge in [0, 0.05) is 30.1 Å². The van der Waals surface area contributed by atoms with E-state index in [1.54, 1.807) is 0 Å². The third-order valence-electron chi connectivity index (χ3n) is 3.59. The first-order valence-corrected chi connectivity index (χ1v) is 6.86. The van der Waals surface area contributed by atoms with Gasteiger partial charge in [-0.3, -0.25) is 4.90 Å². The molecule has 82 valence electrons. The lowest BCUT2D eigenvalue weighted by atomic mass is 9.78. The van der Waals surface area contributed by atoms with Crippen LogP contribution in [0.25, 0.3) is 0 Å². The van der Waals surface area contributed by atoms with Gasteiger partial charge < -0.3 is 5.32 Å². The molecule has 0 amide bonds. The second kappa shape index (κ2) is 4.86. The molecule has 14 heavy (non-hydrogen) atoms. The van der Waals surface area contributed by atoms with Crippen molar-refractivity contribution in [3.05, 3.63) is 0 Å². The van der Waals surface area contributed by atoms with Crippen LogP contribution in [0.2, 0.25) is 0 Å². The molecule has 0 bridgehead atoms. The Labute approximate surface area is 91.8 Å². The predicted octanol–water partition coefficient (Wildman–Crippen LogP) is 1.42. The Kier molecular flexibility index (Phi) is 3.74. The lowest BCUT2D eigenvalue weighted by molar-refractivity contribution is 0.0666. The van der Waals surface area contributed by atoms with E-state index in [1.807, 2.05) is 0 Å². The molecule has 0 aromatic heterocycles. The van der Waals surface area contributed by atoms with Crippen molar-refractivity contribution in [3.8, 4) is 0 Å². The van der Waals surface area contributed by atoms with Crippen LogP contribution in [0.15, 0.2) is 0 Å². The van der Waals surface area contributed by atoms with Gasteiger partial charge in [0.1, 0.15) is 0 Å². The van der Waals surface area contributed by atoms with Gasteiger partial charge in [0.2, 0.25) is 0 Å². The summed E-state index contributed by atoms with van der Waals surface area (Å²) in [6, 6.07) is 0.894. The molecular weight excluding hydrogens is 192 g/mol. The van der Waals surface area contributed by atoms with E-state index in [-0.39, 0.29) is 0 Å². The normalized spacial score (nSPS) is 39.4. The van der Waals surface area contributed by atoms with Crippen LogP contribution in [0.4, 0.5) is 0 Å². The molecule has 0 spiro atoms. The number of thioether (sulfide) groups is 1. The first kappa shape index (κ1) is 10.8. The number of nitrogens with one attached hydrogen (secondary N) is 1. The van der Waals surface area contributed by atoms with Gasteiger partial charge in [-0.2, -0.15) is 11.8 Å². The molecule has 3 atom stereocenters. The standard InChI is InChI=1S/C11H22N2S/c1-9-8-13(5-6-14-9)11-4-3-10(11)7-12-2/h9-12H,3-8H2,1-2H3. The largest absolute Gasteiger partial charge is 0.319 e. The molecule has 1 heterocycles. The van der Waals surface area contributed by atoms with Crippen molar-refractivity contribution in [2.45, 2.75) is 31.1 Å². The highest BCUT2D eigenvalue weighted by Gasteiger charge is 2.36. The molecule has 1 saturated heterocycles. The smallest absolute Gasteiger partial charge is 0.0147 e. The van der Waals surface area contributed by atoms with Crippen molar-refractivity contribution in [2.24, 2.45) is 5.92 Å². The van der Waals surface area contributed by atoms with Crippen LogP contribution in [0.3, 0.4) is 0 Å². The minimum atomic E-state index is 0.847. The van der Waals surface area contributed by atoms with E-state index in [1.165, 1.54) is 38.2 Å². The van der Waals surface area contributed by atoms with Crippen LogP contribution < -0.4 is 5.32 Å². The third kappa shape index (κ3) is 2.26. The fraction of sp³-hybridized carbons (Fsp3) is 1.00. The molecule has 3 heteroatoms. The van der Waals surface area contributed by atoms with E-state index in [2.05, 4.69) is 35.9 Å². The zero-order valence-corrected chi connectivity index (χ0v) is 10.1.